The second-order valence-electron chi connectivity index (χ2n) is 6.23. The van der Waals surface area contributed by atoms with Crippen LogP contribution in [0, 0.1) is 5.92 Å². The Morgan fingerprint density at radius 1 is 1.22 bits per heavy atom. The molecule has 0 radical (unpaired) electrons. The molecular formula is C17H26N4O2. The third-order valence-corrected chi connectivity index (χ3v) is 3.95. The normalized spacial score (nSPS) is 12.7. The summed E-state index contributed by atoms with van der Waals surface area (Å²) in [5.74, 6) is 0.274. The highest BCUT2D eigenvalue weighted by Crippen LogP contribution is 2.12. The van der Waals surface area contributed by atoms with Gasteiger partial charge in [0, 0.05) is 19.1 Å². The summed E-state index contributed by atoms with van der Waals surface area (Å²) in [5, 5.41) is 2.93. The number of nitrogens with two attached hydrogens (primary N) is 1. The van der Waals surface area contributed by atoms with Crippen LogP contribution in [-0.4, -0.2) is 27.6 Å². The molecule has 2 rings (SSSR count). The van der Waals surface area contributed by atoms with Crippen LogP contribution < -0.4 is 16.7 Å². The van der Waals surface area contributed by atoms with E-state index in [1.165, 1.54) is 4.57 Å². The van der Waals surface area contributed by atoms with Gasteiger partial charge in [-0.3, -0.25) is 13.9 Å². The van der Waals surface area contributed by atoms with Crippen molar-refractivity contribution < 1.29 is 4.79 Å². The Morgan fingerprint density at radius 3 is 2.35 bits per heavy atom. The summed E-state index contributed by atoms with van der Waals surface area (Å²) in [4.78, 5) is 24.8. The van der Waals surface area contributed by atoms with Gasteiger partial charge in [-0.15, -0.1) is 0 Å². The number of hydrogen-bond donors (Lipinski definition) is 2. The van der Waals surface area contributed by atoms with E-state index in [0.717, 1.165) is 17.5 Å². The number of hydrogen-bond acceptors (Lipinski definition) is 3. The van der Waals surface area contributed by atoms with Crippen molar-refractivity contribution in [1.29, 1.82) is 0 Å². The van der Waals surface area contributed by atoms with Crippen LogP contribution in [0.1, 0.15) is 27.2 Å². The maximum absolute atomic E-state index is 12.5. The summed E-state index contributed by atoms with van der Waals surface area (Å²) < 4.78 is 3.20. The minimum absolute atomic E-state index is 0.0148. The Morgan fingerprint density at radius 2 is 1.83 bits per heavy atom. The number of aryl methyl sites for hydroxylation is 1. The van der Waals surface area contributed by atoms with E-state index < -0.39 is 0 Å². The maximum atomic E-state index is 12.5. The molecule has 126 valence electrons. The van der Waals surface area contributed by atoms with E-state index in [4.69, 9.17) is 5.73 Å². The Hall–Kier alpha value is -2.08. The van der Waals surface area contributed by atoms with Crippen LogP contribution in [0.3, 0.4) is 0 Å². The largest absolute Gasteiger partial charge is 0.351 e. The van der Waals surface area contributed by atoms with Crippen LogP contribution in [0.2, 0.25) is 0 Å². The van der Waals surface area contributed by atoms with E-state index in [-0.39, 0.29) is 24.2 Å². The smallest absolute Gasteiger partial charge is 0.329 e. The van der Waals surface area contributed by atoms with Crippen molar-refractivity contribution in [3.8, 4) is 0 Å². The van der Waals surface area contributed by atoms with Crippen LogP contribution in [0.15, 0.2) is 29.1 Å². The zero-order valence-electron chi connectivity index (χ0n) is 14.1. The molecule has 0 aliphatic heterocycles. The highest BCUT2D eigenvalue weighted by molar-refractivity contribution is 5.81. The summed E-state index contributed by atoms with van der Waals surface area (Å²) in [7, 11) is 0. The van der Waals surface area contributed by atoms with Crippen LogP contribution in [-0.2, 0) is 17.9 Å². The molecule has 0 saturated carbocycles. The van der Waals surface area contributed by atoms with Crippen molar-refractivity contribution in [3.63, 3.8) is 0 Å². The molecule has 6 heteroatoms. The molecule has 1 aromatic carbocycles. The first kappa shape index (κ1) is 17.3. The zero-order chi connectivity index (χ0) is 17.0. The molecular weight excluding hydrogens is 292 g/mol. The van der Waals surface area contributed by atoms with Crippen molar-refractivity contribution in [2.24, 2.45) is 11.7 Å². The molecule has 0 aliphatic carbocycles. The number of carbonyl (C=O) groups is 1. The SMILES string of the molecule is CCn1c(=O)n(CC(=O)NC(CN)CC(C)C)c2ccccc21. The standard InChI is InChI=1S/C17H26N4O2/c1-4-20-14-7-5-6-8-15(14)21(17(20)23)11-16(22)19-13(10-18)9-12(2)3/h5-8,12-13H,4,9-11,18H2,1-3H3,(H,19,22). The van der Waals surface area contributed by atoms with Crippen molar-refractivity contribution in [2.75, 3.05) is 6.54 Å². The summed E-state index contributed by atoms with van der Waals surface area (Å²) in [5.41, 5.74) is 7.20. The number of fused-ring (bicyclic) bond motifs is 1. The van der Waals surface area contributed by atoms with Crippen LogP contribution in [0.5, 0.6) is 0 Å². The Labute approximate surface area is 136 Å². The molecule has 1 amide bonds. The van der Waals surface area contributed by atoms with Crippen LogP contribution >= 0.6 is 0 Å². The molecule has 3 N–H and O–H groups in total. The van der Waals surface area contributed by atoms with Gasteiger partial charge in [0.15, 0.2) is 0 Å². The van der Waals surface area contributed by atoms with Crippen LogP contribution in [0.25, 0.3) is 11.0 Å². The van der Waals surface area contributed by atoms with Gasteiger partial charge in [-0.2, -0.15) is 0 Å². The lowest BCUT2D eigenvalue weighted by molar-refractivity contribution is -0.122. The summed E-state index contributed by atoms with van der Waals surface area (Å²) >= 11 is 0. The predicted octanol–water partition coefficient (Wildman–Crippen LogP) is 1.31. The molecule has 1 unspecified atom stereocenters. The second-order valence-corrected chi connectivity index (χ2v) is 6.23. The first-order valence-electron chi connectivity index (χ1n) is 8.15. The van der Waals surface area contributed by atoms with Gasteiger partial charge in [0.1, 0.15) is 6.54 Å². The third-order valence-electron chi connectivity index (χ3n) is 3.95. The lowest BCUT2D eigenvalue weighted by Gasteiger charge is -2.18. The van der Waals surface area contributed by atoms with Crippen molar-refractivity contribution in [3.05, 3.63) is 34.7 Å². The quantitative estimate of drug-likeness (QED) is 0.807. The highest BCUT2D eigenvalue weighted by Gasteiger charge is 2.17. The minimum atomic E-state index is -0.179. The first-order valence-corrected chi connectivity index (χ1v) is 8.15. The molecule has 0 fully saturated rings. The average Bonchev–Trinajstić information content (AvgIpc) is 2.78. The fraction of sp³-hybridized carbons (Fsp3) is 0.529. The van der Waals surface area contributed by atoms with E-state index >= 15 is 0 Å². The van der Waals surface area contributed by atoms with E-state index in [1.807, 2.05) is 31.2 Å². The molecule has 1 aromatic heterocycles. The van der Waals surface area contributed by atoms with Crippen molar-refractivity contribution in [1.82, 2.24) is 14.5 Å². The van der Waals surface area contributed by atoms with Gasteiger partial charge in [-0.05, 0) is 31.4 Å². The number of nitrogens with zero attached hydrogens (tertiary/aromatic N) is 2. The maximum Gasteiger partial charge on any atom is 0.329 e. The second kappa shape index (κ2) is 7.46. The van der Waals surface area contributed by atoms with Gasteiger partial charge >= 0.3 is 5.69 Å². The molecule has 0 aliphatic rings. The van der Waals surface area contributed by atoms with Gasteiger partial charge in [-0.1, -0.05) is 26.0 Å². The Balaban J connectivity index is 2.23. The number of aromatic nitrogens is 2. The zero-order valence-corrected chi connectivity index (χ0v) is 14.1. The van der Waals surface area contributed by atoms with Crippen LogP contribution in [0.4, 0.5) is 0 Å². The van der Waals surface area contributed by atoms with Crippen molar-refractivity contribution in [2.45, 2.75) is 46.3 Å². The fourth-order valence-corrected chi connectivity index (χ4v) is 2.93. The average molecular weight is 318 g/mol. The lowest BCUT2D eigenvalue weighted by atomic mass is 10.0. The van der Waals surface area contributed by atoms with Gasteiger partial charge in [0.25, 0.3) is 0 Å². The van der Waals surface area contributed by atoms with Gasteiger partial charge in [-0.25, -0.2) is 4.79 Å². The Kier molecular flexibility index (Phi) is 5.60. The number of carbonyl (C=O) groups excluding carboxylic acids is 1. The molecule has 2 aromatic rings. The molecule has 6 nitrogen and oxygen atoms in total. The van der Waals surface area contributed by atoms with Gasteiger partial charge < -0.3 is 11.1 Å². The molecule has 1 heterocycles. The molecule has 23 heavy (non-hydrogen) atoms. The number of nitrogens with one attached hydrogen (secondary N) is 1. The molecule has 1 atom stereocenters. The number of imidazole rings is 1. The van der Waals surface area contributed by atoms with Gasteiger partial charge in [0.05, 0.1) is 11.0 Å². The lowest BCUT2D eigenvalue weighted by Crippen LogP contribution is -2.43. The predicted molar refractivity (Wildman–Crippen MR) is 92.3 cm³/mol. The molecule has 0 saturated heterocycles. The van der Waals surface area contributed by atoms with E-state index in [0.29, 0.717) is 19.0 Å². The third kappa shape index (κ3) is 3.82. The van der Waals surface area contributed by atoms with Gasteiger partial charge in [0.2, 0.25) is 5.91 Å². The molecule has 0 spiro atoms. The fourth-order valence-electron chi connectivity index (χ4n) is 2.93. The summed E-state index contributed by atoms with van der Waals surface area (Å²) in [6, 6.07) is 7.47. The summed E-state index contributed by atoms with van der Waals surface area (Å²) in [6.45, 7) is 7.09. The van der Waals surface area contributed by atoms with E-state index in [2.05, 4.69) is 19.2 Å². The Bertz CT molecular complexity index is 730. The molecule has 0 bridgehead atoms. The first-order chi connectivity index (χ1) is 11.0. The highest BCUT2D eigenvalue weighted by atomic mass is 16.2. The number of rotatable bonds is 7. The number of amides is 1. The van der Waals surface area contributed by atoms with E-state index in [1.54, 1.807) is 4.57 Å². The minimum Gasteiger partial charge on any atom is -0.351 e. The monoisotopic (exact) mass is 318 g/mol. The topological polar surface area (TPSA) is 82.0 Å². The summed E-state index contributed by atoms with van der Waals surface area (Å²) in [6.07, 6.45) is 0.827. The number of benzene rings is 1. The number of para-hydroxylation sites is 2. The van der Waals surface area contributed by atoms with E-state index in [9.17, 15) is 9.59 Å². The van der Waals surface area contributed by atoms with Crippen molar-refractivity contribution >= 4 is 16.9 Å².